The third kappa shape index (κ3) is 36.5. The first-order chi connectivity index (χ1) is 5.36. The maximum absolute atomic E-state index is 10.1. The Labute approximate surface area is 71.4 Å². The fourth-order valence-electron chi connectivity index (χ4n) is 0.291. The molecule has 5 heteroatoms. The molecule has 72 valence electrons. The van der Waals surface area contributed by atoms with Gasteiger partial charge in [0.25, 0.3) is 5.97 Å². The Kier molecular flexibility index (Phi) is 8.99. The minimum atomic E-state index is -0.833. The second-order valence-electron chi connectivity index (χ2n) is 2.31. The molecule has 0 heterocycles. The number of rotatable bonds is 2. The Hall–Kier alpha value is -1.10. The third-order valence-electron chi connectivity index (χ3n) is 0.646. The Morgan fingerprint density at radius 1 is 1.42 bits per heavy atom. The monoisotopic (exact) mass is 177 g/mol. The maximum Gasteiger partial charge on any atom is 0.300 e. The van der Waals surface area contributed by atoms with Gasteiger partial charge in [0.05, 0.1) is 6.10 Å². The van der Waals surface area contributed by atoms with Crippen LogP contribution in [0.1, 0.15) is 20.8 Å². The Bertz CT molecular complexity index is 140. The van der Waals surface area contributed by atoms with Gasteiger partial charge in [-0.25, -0.2) is 0 Å². The first kappa shape index (κ1) is 13.5. The predicted octanol–water partition coefficient (Wildman–Crippen LogP) is -0.406. The van der Waals surface area contributed by atoms with E-state index in [4.69, 9.17) is 15.0 Å². The van der Waals surface area contributed by atoms with Gasteiger partial charge < -0.3 is 15.5 Å². The number of amides is 1. The van der Waals surface area contributed by atoms with E-state index < -0.39 is 12.1 Å². The molecule has 1 unspecified atom stereocenters. The van der Waals surface area contributed by atoms with Crippen molar-refractivity contribution in [2.45, 2.75) is 26.9 Å². The second-order valence-corrected chi connectivity index (χ2v) is 2.31. The summed E-state index contributed by atoms with van der Waals surface area (Å²) in [4.78, 5) is 19.1. The van der Waals surface area contributed by atoms with Gasteiger partial charge >= 0.3 is 0 Å². The summed E-state index contributed by atoms with van der Waals surface area (Å²) in [6, 6.07) is 0. The van der Waals surface area contributed by atoms with Gasteiger partial charge in [-0.05, 0) is 6.92 Å². The zero-order chi connectivity index (χ0) is 10.1. The summed E-state index contributed by atoms with van der Waals surface area (Å²) >= 11 is 0. The minimum absolute atomic E-state index is 0.106. The van der Waals surface area contributed by atoms with Crippen molar-refractivity contribution in [2.75, 3.05) is 6.54 Å². The fourth-order valence-corrected chi connectivity index (χ4v) is 0.291. The van der Waals surface area contributed by atoms with E-state index in [0.717, 1.165) is 6.92 Å². The smallest absolute Gasteiger partial charge is 0.300 e. The van der Waals surface area contributed by atoms with E-state index in [1.807, 2.05) is 0 Å². The van der Waals surface area contributed by atoms with Gasteiger partial charge in [-0.3, -0.25) is 9.59 Å². The highest BCUT2D eigenvalue weighted by molar-refractivity contribution is 5.72. The van der Waals surface area contributed by atoms with Crippen LogP contribution in [0.2, 0.25) is 0 Å². The van der Waals surface area contributed by atoms with E-state index in [1.54, 1.807) is 6.92 Å². The highest BCUT2D eigenvalue weighted by atomic mass is 16.4. The van der Waals surface area contributed by atoms with Crippen LogP contribution in [0.15, 0.2) is 0 Å². The quantitative estimate of drug-likeness (QED) is 0.535. The SMILES string of the molecule is CC(=O)NCC(C)O.CC(=O)O. The average Bonchev–Trinajstić information content (AvgIpc) is 1.82. The van der Waals surface area contributed by atoms with Gasteiger partial charge in [0.2, 0.25) is 5.91 Å². The molecule has 0 saturated heterocycles. The van der Waals surface area contributed by atoms with Crippen molar-refractivity contribution >= 4 is 11.9 Å². The van der Waals surface area contributed by atoms with Crippen molar-refractivity contribution in [3.05, 3.63) is 0 Å². The molecular weight excluding hydrogens is 162 g/mol. The fraction of sp³-hybridized carbons (Fsp3) is 0.714. The molecule has 5 nitrogen and oxygen atoms in total. The second kappa shape index (κ2) is 8.00. The van der Waals surface area contributed by atoms with Crippen molar-refractivity contribution < 1.29 is 19.8 Å². The summed E-state index contributed by atoms with van der Waals surface area (Å²) in [7, 11) is 0. The van der Waals surface area contributed by atoms with E-state index in [-0.39, 0.29) is 5.91 Å². The van der Waals surface area contributed by atoms with Crippen LogP contribution in [-0.2, 0) is 9.59 Å². The van der Waals surface area contributed by atoms with Crippen LogP contribution in [0.4, 0.5) is 0 Å². The molecule has 0 aromatic heterocycles. The normalized spacial score (nSPS) is 10.7. The van der Waals surface area contributed by atoms with Crippen molar-refractivity contribution in [1.29, 1.82) is 0 Å². The molecule has 1 atom stereocenters. The molecular formula is C7H15NO4. The number of carbonyl (C=O) groups excluding carboxylic acids is 1. The van der Waals surface area contributed by atoms with Crippen LogP contribution in [0.5, 0.6) is 0 Å². The van der Waals surface area contributed by atoms with Crippen LogP contribution < -0.4 is 5.32 Å². The molecule has 0 radical (unpaired) electrons. The summed E-state index contributed by atoms with van der Waals surface area (Å²) in [5, 5.41) is 18.5. The summed E-state index contributed by atoms with van der Waals surface area (Å²) in [6.45, 7) is 4.47. The standard InChI is InChI=1S/C5H11NO2.C2H4O2/c1-4(7)3-6-5(2)8;1-2(3)4/h4,7H,3H2,1-2H3,(H,6,8);1H3,(H,3,4). The summed E-state index contributed by atoms with van der Waals surface area (Å²) in [5.41, 5.74) is 0. The lowest BCUT2D eigenvalue weighted by atomic mass is 10.4. The number of hydrogen-bond donors (Lipinski definition) is 3. The van der Waals surface area contributed by atoms with Gasteiger partial charge in [0.15, 0.2) is 0 Å². The zero-order valence-corrected chi connectivity index (χ0v) is 7.50. The molecule has 0 saturated carbocycles. The molecule has 1 amide bonds. The van der Waals surface area contributed by atoms with Crippen LogP contribution in [-0.4, -0.2) is 34.7 Å². The number of carbonyl (C=O) groups is 2. The molecule has 0 aliphatic rings. The van der Waals surface area contributed by atoms with Crippen LogP contribution >= 0.6 is 0 Å². The summed E-state index contributed by atoms with van der Waals surface area (Å²) < 4.78 is 0. The molecule has 0 aliphatic heterocycles. The van der Waals surface area contributed by atoms with E-state index in [9.17, 15) is 4.79 Å². The van der Waals surface area contributed by atoms with E-state index in [2.05, 4.69) is 5.32 Å². The first-order valence-electron chi connectivity index (χ1n) is 3.48. The van der Waals surface area contributed by atoms with Crippen LogP contribution in [0, 0.1) is 0 Å². The number of aliphatic hydroxyl groups is 1. The predicted molar refractivity (Wildman–Crippen MR) is 43.7 cm³/mol. The molecule has 3 N–H and O–H groups in total. The molecule has 0 fully saturated rings. The van der Waals surface area contributed by atoms with Gasteiger partial charge in [0.1, 0.15) is 0 Å². The minimum Gasteiger partial charge on any atom is -0.481 e. The highest BCUT2D eigenvalue weighted by Crippen LogP contribution is 1.72. The molecule has 0 aliphatic carbocycles. The van der Waals surface area contributed by atoms with Crippen molar-refractivity contribution in [1.82, 2.24) is 5.32 Å². The van der Waals surface area contributed by atoms with Crippen molar-refractivity contribution in [3.8, 4) is 0 Å². The molecule has 0 aromatic rings. The van der Waals surface area contributed by atoms with E-state index in [1.165, 1.54) is 6.92 Å². The zero-order valence-electron chi connectivity index (χ0n) is 7.50. The number of carboxylic acids is 1. The van der Waals surface area contributed by atoms with Crippen LogP contribution in [0.25, 0.3) is 0 Å². The van der Waals surface area contributed by atoms with Gasteiger partial charge in [-0.2, -0.15) is 0 Å². The lowest BCUT2D eigenvalue weighted by Gasteiger charge is -2.02. The number of hydrogen-bond acceptors (Lipinski definition) is 3. The maximum atomic E-state index is 10.1. The summed E-state index contributed by atoms with van der Waals surface area (Å²) in [5.74, 6) is -0.939. The molecule has 0 bridgehead atoms. The Balaban J connectivity index is 0. The largest absolute Gasteiger partial charge is 0.481 e. The number of nitrogens with one attached hydrogen (secondary N) is 1. The first-order valence-corrected chi connectivity index (χ1v) is 3.48. The molecule has 0 spiro atoms. The lowest BCUT2D eigenvalue weighted by molar-refractivity contribution is -0.134. The average molecular weight is 177 g/mol. The molecule has 0 aromatic carbocycles. The third-order valence-corrected chi connectivity index (χ3v) is 0.646. The number of carboxylic acid groups (broad SMARTS) is 1. The van der Waals surface area contributed by atoms with Crippen molar-refractivity contribution in [3.63, 3.8) is 0 Å². The highest BCUT2D eigenvalue weighted by Gasteiger charge is 1.93. The molecule has 12 heavy (non-hydrogen) atoms. The van der Waals surface area contributed by atoms with Gasteiger partial charge in [-0.15, -0.1) is 0 Å². The topological polar surface area (TPSA) is 86.6 Å². The van der Waals surface area contributed by atoms with Gasteiger partial charge in [0, 0.05) is 20.4 Å². The summed E-state index contributed by atoms with van der Waals surface area (Å²) in [6.07, 6.45) is -0.445. The number of aliphatic hydroxyl groups excluding tert-OH is 1. The molecule has 0 rings (SSSR count). The van der Waals surface area contributed by atoms with Crippen molar-refractivity contribution in [2.24, 2.45) is 0 Å². The van der Waals surface area contributed by atoms with Gasteiger partial charge in [-0.1, -0.05) is 0 Å². The van der Waals surface area contributed by atoms with E-state index >= 15 is 0 Å². The Morgan fingerprint density at radius 2 is 1.75 bits per heavy atom. The van der Waals surface area contributed by atoms with E-state index in [0.29, 0.717) is 6.54 Å². The Morgan fingerprint density at radius 3 is 1.83 bits per heavy atom. The van der Waals surface area contributed by atoms with Crippen LogP contribution in [0.3, 0.4) is 0 Å². The number of aliphatic carboxylic acids is 1. The lowest BCUT2D eigenvalue weighted by Crippen LogP contribution is -2.28.